The molecule has 6 heteroatoms. The molecule has 0 saturated carbocycles. The van der Waals surface area contributed by atoms with E-state index in [-0.39, 0.29) is 0 Å². The van der Waals surface area contributed by atoms with Gasteiger partial charge in [0.25, 0.3) is 0 Å². The Morgan fingerprint density at radius 3 is 3.35 bits per heavy atom. The fourth-order valence-corrected chi connectivity index (χ4v) is 1.90. The zero-order valence-electron chi connectivity index (χ0n) is 9.35. The number of fused-ring (bicyclic) bond motifs is 1. The molecule has 2 aromatic rings. The van der Waals surface area contributed by atoms with Crippen LogP contribution < -0.4 is 10.5 Å². The van der Waals surface area contributed by atoms with Crippen LogP contribution in [0.25, 0.3) is 11.0 Å². The Balaban J connectivity index is 1.71. The van der Waals surface area contributed by atoms with E-state index >= 15 is 0 Å². The van der Waals surface area contributed by atoms with Crippen LogP contribution in [0.5, 0.6) is 6.01 Å². The van der Waals surface area contributed by atoms with Crippen LogP contribution in [0.2, 0.25) is 0 Å². The van der Waals surface area contributed by atoms with Crippen LogP contribution in [0, 0.1) is 5.92 Å². The summed E-state index contributed by atoms with van der Waals surface area (Å²) in [6, 6.07) is 2.16. The fourth-order valence-electron chi connectivity index (χ4n) is 1.90. The lowest BCUT2D eigenvalue weighted by Gasteiger charge is -2.08. The molecule has 1 atom stereocenters. The third kappa shape index (κ3) is 2.16. The molecule has 1 aliphatic heterocycles. The van der Waals surface area contributed by atoms with Crippen LogP contribution >= 0.6 is 0 Å². The largest absolute Gasteiger partial charge is 0.463 e. The molecule has 17 heavy (non-hydrogen) atoms. The molecule has 3 heterocycles. The van der Waals surface area contributed by atoms with E-state index < -0.39 is 0 Å². The number of aromatic amines is 1. The molecule has 0 radical (unpaired) electrons. The van der Waals surface area contributed by atoms with Crippen molar-refractivity contribution in [2.45, 2.75) is 6.42 Å². The molecule has 6 nitrogen and oxygen atoms in total. The number of nitrogens with zero attached hydrogens (tertiary/aromatic N) is 2. The minimum Gasteiger partial charge on any atom is -0.463 e. The lowest BCUT2D eigenvalue weighted by Crippen LogP contribution is -2.12. The Bertz CT molecular complexity index is 519. The first-order chi connectivity index (χ1) is 8.31. The van der Waals surface area contributed by atoms with Gasteiger partial charge in [-0.2, -0.15) is 4.98 Å². The number of rotatable bonds is 3. The van der Waals surface area contributed by atoms with Crippen LogP contribution in [-0.2, 0) is 4.74 Å². The third-order valence-electron chi connectivity index (χ3n) is 2.84. The van der Waals surface area contributed by atoms with Gasteiger partial charge in [-0.1, -0.05) is 0 Å². The molecule has 1 aliphatic rings. The maximum atomic E-state index is 5.63. The molecule has 0 amide bonds. The molecule has 0 bridgehead atoms. The fraction of sp³-hybridized carbons (Fsp3) is 0.455. The Hall–Kier alpha value is -1.82. The quantitative estimate of drug-likeness (QED) is 0.826. The van der Waals surface area contributed by atoms with Crippen LogP contribution in [0.3, 0.4) is 0 Å². The van der Waals surface area contributed by atoms with Gasteiger partial charge in [-0.15, -0.1) is 0 Å². The second-order valence-electron chi connectivity index (χ2n) is 4.22. The Labute approximate surface area is 98.1 Å². The van der Waals surface area contributed by atoms with Crippen molar-refractivity contribution in [1.82, 2.24) is 15.0 Å². The number of hydrogen-bond donors (Lipinski definition) is 2. The topological polar surface area (TPSA) is 86.1 Å². The van der Waals surface area contributed by atoms with Crippen molar-refractivity contribution in [2.75, 3.05) is 25.6 Å². The molecular weight excluding hydrogens is 220 g/mol. The first kappa shape index (κ1) is 10.3. The van der Waals surface area contributed by atoms with Crippen LogP contribution in [0.15, 0.2) is 12.3 Å². The zero-order valence-corrected chi connectivity index (χ0v) is 9.35. The Kier molecular flexibility index (Phi) is 2.56. The summed E-state index contributed by atoms with van der Waals surface area (Å²) >= 11 is 0. The molecule has 1 unspecified atom stereocenters. The predicted molar refractivity (Wildman–Crippen MR) is 62.7 cm³/mol. The smallest absolute Gasteiger partial charge is 0.317 e. The Morgan fingerprint density at radius 1 is 1.59 bits per heavy atom. The highest BCUT2D eigenvalue weighted by atomic mass is 16.5. The van der Waals surface area contributed by atoms with Crippen molar-refractivity contribution in [3.8, 4) is 6.01 Å². The second-order valence-corrected chi connectivity index (χ2v) is 4.22. The maximum Gasteiger partial charge on any atom is 0.317 e. The summed E-state index contributed by atoms with van der Waals surface area (Å²) in [5, 5.41) is 0. The molecule has 3 rings (SSSR count). The van der Waals surface area contributed by atoms with Gasteiger partial charge in [0.15, 0.2) is 0 Å². The first-order valence-electron chi connectivity index (χ1n) is 5.63. The lowest BCUT2D eigenvalue weighted by atomic mass is 10.1. The van der Waals surface area contributed by atoms with Crippen LogP contribution in [-0.4, -0.2) is 34.8 Å². The van der Waals surface area contributed by atoms with Crippen LogP contribution in [0.4, 0.5) is 5.82 Å². The van der Waals surface area contributed by atoms with E-state index in [4.69, 9.17) is 15.2 Å². The van der Waals surface area contributed by atoms with Gasteiger partial charge in [-0.25, -0.2) is 4.98 Å². The highest BCUT2D eigenvalue weighted by molar-refractivity contribution is 5.78. The standard InChI is InChI=1S/C11H14N4O2/c12-10-3-8-9(14-10)4-13-11(15-8)17-6-7-1-2-16-5-7/h3-4,7,14H,1-2,5-6,12H2. The van der Waals surface area contributed by atoms with Gasteiger partial charge in [0.2, 0.25) is 0 Å². The zero-order chi connectivity index (χ0) is 11.7. The van der Waals surface area contributed by atoms with Crippen molar-refractivity contribution >= 4 is 16.9 Å². The van der Waals surface area contributed by atoms with Crippen molar-refractivity contribution < 1.29 is 9.47 Å². The van der Waals surface area contributed by atoms with E-state index in [0.717, 1.165) is 30.7 Å². The number of H-pyrrole nitrogens is 1. The second kappa shape index (κ2) is 4.21. The van der Waals surface area contributed by atoms with Gasteiger partial charge in [0.05, 0.1) is 30.4 Å². The first-order valence-corrected chi connectivity index (χ1v) is 5.63. The minimum absolute atomic E-state index is 0.392. The molecule has 0 spiro atoms. The molecule has 90 valence electrons. The number of nitrogens with one attached hydrogen (secondary N) is 1. The molecule has 3 N–H and O–H groups in total. The van der Waals surface area contributed by atoms with Gasteiger partial charge >= 0.3 is 6.01 Å². The molecule has 0 aromatic carbocycles. The van der Waals surface area contributed by atoms with E-state index in [1.54, 1.807) is 12.3 Å². The van der Waals surface area contributed by atoms with Crippen molar-refractivity contribution in [3.05, 3.63) is 12.3 Å². The normalized spacial score (nSPS) is 19.9. The summed E-state index contributed by atoms with van der Waals surface area (Å²) in [5.74, 6) is 1.03. The average Bonchev–Trinajstić information content (AvgIpc) is 2.92. The number of ether oxygens (including phenoxy) is 2. The predicted octanol–water partition coefficient (Wildman–Crippen LogP) is 0.955. The van der Waals surface area contributed by atoms with E-state index in [1.165, 1.54) is 0 Å². The van der Waals surface area contributed by atoms with Crippen LogP contribution in [0.1, 0.15) is 6.42 Å². The van der Waals surface area contributed by atoms with Crippen molar-refractivity contribution in [3.63, 3.8) is 0 Å². The maximum absolute atomic E-state index is 5.63. The van der Waals surface area contributed by atoms with E-state index in [0.29, 0.717) is 24.4 Å². The summed E-state index contributed by atoms with van der Waals surface area (Å²) in [7, 11) is 0. The van der Waals surface area contributed by atoms with Gasteiger partial charge in [0, 0.05) is 18.6 Å². The minimum atomic E-state index is 0.392. The number of nitrogens with two attached hydrogens (primary N) is 1. The molecule has 2 aromatic heterocycles. The number of anilines is 1. The van der Waals surface area contributed by atoms with Gasteiger partial charge in [0.1, 0.15) is 5.82 Å². The van der Waals surface area contributed by atoms with Crippen molar-refractivity contribution in [1.29, 1.82) is 0 Å². The number of hydrogen-bond acceptors (Lipinski definition) is 5. The SMILES string of the molecule is Nc1cc2nc(OCC3CCOC3)ncc2[nH]1. The van der Waals surface area contributed by atoms with E-state index in [2.05, 4.69) is 15.0 Å². The molecule has 1 fully saturated rings. The summed E-state index contributed by atoms with van der Waals surface area (Å²) < 4.78 is 10.8. The monoisotopic (exact) mass is 234 g/mol. The highest BCUT2D eigenvalue weighted by Gasteiger charge is 2.16. The van der Waals surface area contributed by atoms with E-state index in [1.807, 2.05) is 0 Å². The van der Waals surface area contributed by atoms with Gasteiger partial charge in [-0.05, 0) is 6.42 Å². The molecular formula is C11H14N4O2. The third-order valence-corrected chi connectivity index (χ3v) is 2.84. The molecule has 1 saturated heterocycles. The average molecular weight is 234 g/mol. The highest BCUT2D eigenvalue weighted by Crippen LogP contribution is 2.17. The van der Waals surface area contributed by atoms with Gasteiger partial charge in [-0.3, -0.25) is 0 Å². The van der Waals surface area contributed by atoms with Gasteiger partial charge < -0.3 is 20.2 Å². The van der Waals surface area contributed by atoms with E-state index in [9.17, 15) is 0 Å². The number of nitrogen functional groups attached to an aromatic ring is 1. The summed E-state index contributed by atoms with van der Waals surface area (Å²) in [6.45, 7) is 2.19. The van der Waals surface area contributed by atoms with Crippen molar-refractivity contribution in [2.24, 2.45) is 5.92 Å². The number of aromatic nitrogens is 3. The summed E-state index contributed by atoms with van der Waals surface area (Å²) in [4.78, 5) is 11.4. The summed E-state index contributed by atoms with van der Waals surface area (Å²) in [5.41, 5.74) is 7.23. The lowest BCUT2D eigenvalue weighted by molar-refractivity contribution is 0.164. The molecule has 0 aliphatic carbocycles. The Morgan fingerprint density at radius 2 is 2.53 bits per heavy atom. The summed E-state index contributed by atoms with van der Waals surface area (Å²) in [6.07, 6.45) is 2.72.